The van der Waals surface area contributed by atoms with Crippen LogP contribution in [0.5, 0.6) is 0 Å². The Hall–Kier alpha value is -0.930. The molecule has 3 heteroatoms. The van der Waals surface area contributed by atoms with Gasteiger partial charge in [0.25, 0.3) is 0 Å². The maximum Gasteiger partial charge on any atom is 0.0887 e. The summed E-state index contributed by atoms with van der Waals surface area (Å²) in [6.45, 7) is 1.97. The number of rotatable bonds is 2. The monoisotopic (exact) mass is 265 g/mol. The minimum Gasteiger partial charge on any atom is -0.388 e. The highest BCUT2D eigenvalue weighted by atomic mass is 79.9. The second-order valence-electron chi connectivity index (χ2n) is 3.57. The Kier molecular flexibility index (Phi) is 3.03. The lowest BCUT2D eigenvalue weighted by atomic mass is 10.1. The van der Waals surface area contributed by atoms with E-state index in [1.807, 2.05) is 37.3 Å². The molecule has 0 aliphatic heterocycles. The highest BCUT2D eigenvalue weighted by molar-refractivity contribution is 9.09. The number of alkyl halides is 1. The first-order valence-electron chi connectivity index (χ1n) is 4.82. The molecular weight excluding hydrogens is 254 g/mol. The first-order chi connectivity index (χ1) is 7.20. The van der Waals surface area contributed by atoms with Gasteiger partial charge in [-0.1, -0.05) is 28.1 Å². The average molecular weight is 266 g/mol. The van der Waals surface area contributed by atoms with Crippen molar-refractivity contribution in [2.24, 2.45) is 0 Å². The van der Waals surface area contributed by atoms with Gasteiger partial charge in [0.05, 0.1) is 11.6 Å². The van der Waals surface area contributed by atoms with Crippen LogP contribution in [0, 0.1) is 6.92 Å². The molecule has 2 rings (SSSR count). The fraction of sp³-hybridized carbons (Fsp3) is 0.250. The number of fused-ring (bicyclic) bond motifs is 1. The van der Waals surface area contributed by atoms with Crippen molar-refractivity contribution in [3.05, 3.63) is 41.6 Å². The first-order valence-corrected chi connectivity index (χ1v) is 5.94. The second-order valence-corrected chi connectivity index (χ2v) is 4.22. The summed E-state index contributed by atoms with van der Waals surface area (Å²) in [6, 6.07) is 9.85. The summed E-state index contributed by atoms with van der Waals surface area (Å²) < 4.78 is 0. The Morgan fingerprint density at radius 1 is 1.33 bits per heavy atom. The molecule has 2 aromatic rings. The lowest BCUT2D eigenvalue weighted by Crippen LogP contribution is -1.98. The topological polar surface area (TPSA) is 33.1 Å². The van der Waals surface area contributed by atoms with E-state index in [-0.39, 0.29) is 0 Å². The number of aliphatic hydroxyl groups is 1. The van der Waals surface area contributed by atoms with Gasteiger partial charge in [0.1, 0.15) is 0 Å². The van der Waals surface area contributed by atoms with Crippen LogP contribution in [0.4, 0.5) is 0 Å². The molecule has 1 N–H and O–H groups in total. The van der Waals surface area contributed by atoms with E-state index in [2.05, 4.69) is 20.9 Å². The van der Waals surface area contributed by atoms with E-state index in [9.17, 15) is 5.11 Å². The van der Waals surface area contributed by atoms with Gasteiger partial charge in [0.15, 0.2) is 0 Å². The van der Waals surface area contributed by atoms with Crippen molar-refractivity contribution >= 4 is 26.8 Å². The van der Waals surface area contributed by atoms with Gasteiger partial charge in [-0.3, -0.25) is 4.98 Å². The molecule has 15 heavy (non-hydrogen) atoms. The molecule has 1 unspecified atom stereocenters. The van der Waals surface area contributed by atoms with Gasteiger partial charge in [-0.25, -0.2) is 0 Å². The van der Waals surface area contributed by atoms with E-state index >= 15 is 0 Å². The SMILES string of the molecule is Cc1ccc2cc(C(O)CBr)ccc2n1. The van der Waals surface area contributed by atoms with E-state index in [0.717, 1.165) is 22.2 Å². The fourth-order valence-electron chi connectivity index (χ4n) is 1.54. The quantitative estimate of drug-likeness (QED) is 0.848. The number of aryl methyl sites for hydroxylation is 1. The molecule has 0 spiro atoms. The standard InChI is InChI=1S/C12H12BrNO/c1-8-2-3-9-6-10(12(15)7-13)4-5-11(9)14-8/h2-6,12,15H,7H2,1H3. The lowest BCUT2D eigenvalue weighted by molar-refractivity contribution is 0.205. The summed E-state index contributed by atoms with van der Waals surface area (Å²) in [6.07, 6.45) is -0.448. The molecule has 0 saturated carbocycles. The molecule has 0 radical (unpaired) electrons. The largest absolute Gasteiger partial charge is 0.388 e. The number of hydrogen-bond donors (Lipinski definition) is 1. The summed E-state index contributed by atoms with van der Waals surface area (Å²) >= 11 is 3.26. The molecule has 0 bridgehead atoms. The van der Waals surface area contributed by atoms with E-state index in [0.29, 0.717) is 5.33 Å². The number of pyridine rings is 1. The van der Waals surface area contributed by atoms with Gasteiger partial charge in [-0.05, 0) is 30.7 Å². The molecule has 1 aromatic carbocycles. The number of nitrogens with zero attached hydrogens (tertiary/aromatic N) is 1. The van der Waals surface area contributed by atoms with Crippen molar-refractivity contribution in [3.63, 3.8) is 0 Å². The number of halogens is 1. The van der Waals surface area contributed by atoms with Crippen molar-refractivity contribution in [2.75, 3.05) is 5.33 Å². The minimum absolute atomic E-state index is 0.448. The summed E-state index contributed by atoms with van der Waals surface area (Å²) in [4.78, 5) is 4.41. The summed E-state index contributed by atoms with van der Waals surface area (Å²) in [5.74, 6) is 0. The number of aromatic nitrogens is 1. The van der Waals surface area contributed by atoms with Crippen molar-refractivity contribution in [3.8, 4) is 0 Å². The molecule has 0 saturated heterocycles. The summed E-state index contributed by atoms with van der Waals surface area (Å²) in [5.41, 5.74) is 2.90. The third-order valence-corrected chi connectivity index (χ3v) is 3.00. The highest BCUT2D eigenvalue weighted by Gasteiger charge is 2.06. The predicted molar refractivity (Wildman–Crippen MR) is 65.2 cm³/mol. The Morgan fingerprint density at radius 3 is 2.87 bits per heavy atom. The van der Waals surface area contributed by atoms with Gasteiger partial charge >= 0.3 is 0 Å². The Morgan fingerprint density at radius 2 is 2.13 bits per heavy atom. The number of hydrogen-bond acceptors (Lipinski definition) is 2. The highest BCUT2D eigenvalue weighted by Crippen LogP contribution is 2.20. The van der Waals surface area contributed by atoms with E-state index in [1.165, 1.54) is 0 Å². The number of aliphatic hydroxyl groups excluding tert-OH is 1. The molecule has 1 aromatic heterocycles. The third kappa shape index (κ3) is 2.19. The van der Waals surface area contributed by atoms with Gasteiger partial charge < -0.3 is 5.11 Å². The molecule has 0 aliphatic carbocycles. The van der Waals surface area contributed by atoms with Crippen molar-refractivity contribution in [1.29, 1.82) is 0 Å². The van der Waals surface area contributed by atoms with Crippen LogP contribution in [-0.4, -0.2) is 15.4 Å². The lowest BCUT2D eigenvalue weighted by Gasteiger charge is -2.08. The molecule has 0 fully saturated rings. The molecule has 0 aliphatic rings. The molecule has 0 amide bonds. The summed E-state index contributed by atoms with van der Waals surface area (Å²) in [5, 5.41) is 11.3. The van der Waals surface area contributed by atoms with Crippen molar-refractivity contribution < 1.29 is 5.11 Å². The normalized spacial score (nSPS) is 13.0. The van der Waals surface area contributed by atoms with Crippen LogP contribution < -0.4 is 0 Å². The van der Waals surface area contributed by atoms with Crippen LogP contribution in [-0.2, 0) is 0 Å². The van der Waals surface area contributed by atoms with E-state index < -0.39 is 6.10 Å². The van der Waals surface area contributed by atoms with Crippen molar-refractivity contribution in [1.82, 2.24) is 4.98 Å². The zero-order valence-corrected chi connectivity index (χ0v) is 10.0. The van der Waals surface area contributed by atoms with Crippen LogP contribution >= 0.6 is 15.9 Å². The van der Waals surface area contributed by atoms with Crippen molar-refractivity contribution in [2.45, 2.75) is 13.0 Å². The van der Waals surface area contributed by atoms with Crippen LogP contribution in [0.25, 0.3) is 10.9 Å². The predicted octanol–water partition coefficient (Wildman–Crippen LogP) is 2.97. The van der Waals surface area contributed by atoms with E-state index in [1.54, 1.807) is 0 Å². The van der Waals surface area contributed by atoms with Gasteiger partial charge in [0.2, 0.25) is 0 Å². The van der Waals surface area contributed by atoms with Crippen LogP contribution in [0.15, 0.2) is 30.3 Å². The van der Waals surface area contributed by atoms with Crippen LogP contribution in [0.3, 0.4) is 0 Å². The van der Waals surface area contributed by atoms with Crippen LogP contribution in [0.1, 0.15) is 17.4 Å². The third-order valence-electron chi connectivity index (χ3n) is 2.38. The minimum atomic E-state index is -0.448. The average Bonchev–Trinajstić information content (AvgIpc) is 2.27. The number of benzene rings is 1. The van der Waals surface area contributed by atoms with Gasteiger partial charge in [0, 0.05) is 16.4 Å². The second kappa shape index (κ2) is 4.29. The van der Waals surface area contributed by atoms with Gasteiger partial charge in [-0.2, -0.15) is 0 Å². The fourth-order valence-corrected chi connectivity index (χ4v) is 1.92. The Balaban J connectivity index is 2.52. The molecule has 1 atom stereocenters. The van der Waals surface area contributed by atoms with Crippen LogP contribution in [0.2, 0.25) is 0 Å². The molecule has 2 nitrogen and oxygen atoms in total. The van der Waals surface area contributed by atoms with Gasteiger partial charge in [-0.15, -0.1) is 0 Å². The first kappa shape index (κ1) is 10.6. The van der Waals surface area contributed by atoms with E-state index in [4.69, 9.17) is 0 Å². The molecule has 78 valence electrons. The Labute approximate surface area is 97.1 Å². The maximum atomic E-state index is 9.68. The zero-order valence-electron chi connectivity index (χ0n) is 8.44. The Bertz CT molecular complexity index is 484. The molecule has 1 heterocycles. The molecular formula is C12H12BrNO. The zero-order chi connectivity index (χ0) is 10.8. The summed E-state index contributed by atoms with van der Waals surface area (Å²) in [7, 11) is 0. The maximum absolute atomic E-state index is 9.68. The smallest absolute Gasteiger partial charge is 0.0887 e.